The number of benzene rings is 2. The first-order valence-electron chi connectivity index (χ1n) is 11.0. The van der Waals surface area contributed by atoms with E-state index >= 15 is 0 Å². The van der Waals surface area contributed by atoms with Gasteiger partial charge in [0, 0.05) is 12.2 Å². The predicted octanol–water partition coefficient (Wildman–Crippen LogP) is 2.29. The Balaban J connectivity index is 1.69. The summed E-state index contributed by atoms with van der Waals surface area (Å²) in [6.45, 7) is 2.88. The Labute approximate surface area is 199 Å². The van der Waals surface area contributed by atoms with E-state index in [1.165, 1.54) is 17.0 Å². The van der Waals surface area contributed by atoms with Gasteiger partial charge in [0.15, 0.2) is 6.61 Å². The lowest BCUT2D eigenvalue weighted by Crippen LogP contribution is -2.43. The third-order valence-electron chi connectivity index (χ3n) is 5.40. The molecule has 0 bridgehead atoms. The molecule has 1 saturated heterocycles. The molecular formula is C24H28N2O7S. The zero-order valence-electron chi connectivity index (χ0n) is 19.2. The molecule has 1 fully saturated rings. The zero-order chi connectivity index (χ0) is 24.7. The second-order valence-electron chi connectivity index (χ2n) is 7.81. The molecule has 1 unspecified atom stereocenters. The fraction of sp³-hybridized carbons (Fsp3) is 0.375. The molecule has 0 radical (unpaired) electrons. The molecule has 1 heterocycles. The smallest absolute Gasteiger partial charge is 0.326 e. The van der Waals surface area contributed by atoms with Crippen LogP contribution in [0.4, 0.5) is 5.69 Å². The molecule has 0 N–H and O–H groups in total. The topological polar surface area (TPSA) is 110 Å². The lowest BCUT2D eigenvalue weighted by atomic mass is 10.2. The molecule has 2 aromatic carbocycles. The highest BCUT2D eigenvalue weighted by Crippen LogP contribution is 2.27. The number of rotatable bonds is 9. The Hall–Kier alpha value is -3.24. The number of esters is 2. The molecule has 0 spiro atoms. The molecule has 0 aromatic heterocycles. The Morgan fingerprint density at radius 2 is 1.71 bits per heavy atom. The van der Waals surface area contributed by atoms with Gasteiger partial charge in [0.1, 0.15) is 12.6 Å². The summed E-state index contributed by atoms with van der Waals surface area (Å²) in [7, 11) is -3.89. The summed E-state index contributed by atoms with van der Waals surface area (Å²) in [5.74, 6) is -2.03. The molecule has 1 atom stereocenters. The highest BCUT2D eigenvalue weighted by atomic mass is 32.2. The summed E-state index contributed by atoms with van der Waals surface area (Å²) in [5, 5.41) is 0. The second-order valence-corrected chi connectivity index (χ2v) is 9.71. The third kappa shape index (κ3) is 6.00. The number of sulfonamides is 1. The number of anilines is 1. The van der Waals surface area contributed by atoms with E-state index in [-0.39, 0.29) is 24.6 Å². The van der Waals surface area contributed by atoms with Gasteiger partial charge in [0.2, 0.25) is 10.0 Å². The zero-order valence-corrected chi connectivity index (χ0v) is 20.0. The van der Waals surface area contributed by atoms with Crippen LogP contribution in [0.2, 0.25) is 0 Å². The fourth-order valence-corrected chi connectivity index (χ4v) is 5.33. The normalized spacial score (nSPS) is 16.1. The minimum absolute atomic E-state index is 0.0959. The lowest BCUT2D eigenvalue weighted by Gasteiger charge is -2.24. The van der Waals surface area contributed by atoms with Crippen molar-refractivity contribution in [3.8, 4) is 0 Å². The molecule has 1 aliphatic heterocycles. The van der Waals surface area contributed by atoms with Gasteiger partial charge in [-0.15, -0.1) is 0 Å². The molecule has 3 rings (SSSR count). The Morgan fingerprint density at radius 1 is 1.03 bits per heavy atom. The van der Waals surface area contributed by atoms with E-state index in [9.17, 15) is 22.8 Å². The second kappa shape index (κ2) is 11.3. The molecule has 182 valence electrons. The summed E-state index contributed by atoms with van der Waals surface area (Å²) in [4.78, 5) is 38.9. The van der Waals surface area contributed by atoms with Crippen molar-refractivity contribution in [2.75, 3.05) is 31.2 Å². The molecule has 0 saturated carbocycles. The van der Waals surface area contributed by atoms with Crippen LogP contribution >= 0.6 is 0 Å². The first-order chi connectivity index (χ1) is 16.2. The lowest BCUT2D eigenvalue weighted by molar-refractivity contribution is -0.151. The number of carbonyl (C=O) groups is 3. The van der Waals surface area contributed by atoms with E-state index < -0.39 is 40.5 Å². The minimum Gasteiger partial charge on any atom is -0.465 e. The van der Waals surface area contributed by atoms with Gasteiger partial charge in [0.25, 0.3) is 5.91 Å². The summed E-state index contributed by atoms with van der Waals surface area (Å²) < 4.78 is 37.4. The van der Waals surface area contributed by atoms with Gasteiger partial charge in [-0.2, -0.15) is 4.31 Å². The summed E-state index contributed by atoms with van der Waals surface area (Å²) in [5.41, 5.74) is 1.36. The minimum atomic E-state index is -3.89. The quantitative estimate of drug-likeness (QED) is 0.498. The molecule has 1 amide bonds. The van der Waals surface area contributed by atoms with E-state index in [0.717, 1.165) is 9.87 Å². The van der Waals surface area contributed by atoms with Gasteiger partial charge < -0.3 is 9.47 Å². The summed E-state index contributed by atoms with van der Waals surface area (Å²) >= 11 is 0. The number of nitrogens with zero attached hydrogens (tertiary/aromatic N) is 2. The van der Waals surface area contributed by atoms with Crippen LogP contribution in [0.1, 0.15) is 25.3 Å². The number of amides is 1. The SMILES string of the molecule is CCOC(=O)CN(C(=O)COC(=O)C1CCCN1S(=O)(=O)c1ccc(C)cc1)c1ccccc1. The van der Waals surface area contributed by atoms with Crippen molar-refractivity contribution in [1.29, 1.82) is 0 Å². The van der Waals surface area contributed by atoms with Crippen LogP contribution in [0.15, 0.2) is 59.5 Å². The van der Waals surface area contributed by atoms with Crippen LogP contribution in [0.25, 0.3) is 0 Å². The largest absolute Gasteiger partial charge is 0.465 e. The monoisotopic (exact) mass is 488 g/mol. The number of carbonyl (C=O) groups excluding carboxylic acids is 3. The van der Waals surface area contributed by atoms with Crippen LogP contribution in [-0.4, -0.2) is 62.9 Å². The maximum absolute atomic E-state index is 13.1. The highest BCUT2D eigenvalue weighted by molar-refractivity contribution is 7.89. The van der Waals surface area contributed by atoms with Crippen molar-refractivity contribution >= 4 is 33.6 Å². The fourth-order valence-electron chi connectivity index (χ4n) is 3.68. The number of para-hydroxylation sites is 1. The van der Waals surface area contributed by atoms with E-state index in [4.69, 9.17) is 9.47 Å². The van der Waals surface area contributed by atoms with Crippen LogP contribution in [0.5, 0.6) is 0 Å². The van der Waals surface area contributed by atoms with Crippen molar-refractivity contribution in [1.82, 2.24) is 4.31 Å². The molecular weight excluding hydrogens is 460 g/mol. The van der Waals surface area contributed by atoms with Gasteiger partial charge in [-0.25, -0.2) is 8.42 Å². The average Bonchev–Trinajstić information content (AvgIpc) is 3.33. The van der Waals surface area contributed by atoms with Crippen LogP contribution in [0.3, 0.4) is 0 Å². The number of hydrogen-bond acceptors (Lipinski definition) is 7. The number of ether oxygens (including phenoxy) is 2. The average molecular weight is 489 g/mol. The van der Waals surface area contributed by atoms with Crippen LogP contribution in [0, 0.1) is 6.92 Å². The highest BCUT2D eigenvalue weighted by Gasteiger charge is 2.40. The summed E-state index contributed by atoms with van der Waals surface area (Å²) in [6, 6.07) is 13.8. The first-order valence-corrected chi connectivity index (χ1v) is 12.4. The molecule has 9 nitrogen and oxygen atoms in total. The van der Waals surface area contributed by atoms with E-state index in [1.54, 1.807) is 49.4 Å². The van der Waals surface area contributed by atoms with Crippen molar-refractivity contribution < 1.29 is 32.3 Å². The maximum Gasteiger partial charge on any atom is 0.326 e. The van der Waals surface area contributed by atoms with Crippen molar-refractivity contribution in [2.45, 2.75) is 37.6 Å². The number of aryl methyl sites for hydroxylation is 1. The third-order valence-corrected chi connectivity index (χ3v) is 7.33. The summed E-state index contributed by atoms with van der Waals surface area (Å²) in [6.07, 6.45) is 0.793. The van der Waals surface area contributed by atoms with Gasteiger partial charge in [0.05, 0.1) is 11.5 Å². The van der Waals surface area contributed by atoms with Crippen LogP contribution < -0.4 is 4.90 Å². The molecule has 2 aromatic rings. The van der Waals surface area contributed by atoms with Gasteiger partial charge in [-0.05, 0) is 51.0 Å². The van der Waals surface area contributed by atoms with Crippen molar-refractivity contribution in [3.63, 3.8) is 0 Å². The Bertz CT molecular complexity index is 1120. The van der Waals surface area contributed by atoms with Crippen molar-refractivity contribution in [2.24, 2.45) is 0 Å². The molecule has 0 aliphatic carbocycles. The van der Waals surface area contributed by atoms with Gasteiger partial charge in [-0.1, -0.05) is 35.9 Å². The Morgan fingerprint density at radius 3 is 2.35 bits per heavy atom. The number of hydrogen-bond donors (Lipinski definition) is 0. The molecule has 1 aliphatic rings. The standard InChI is InChI=1S/C24H28N2O7S/c1-3-32-23(28)16-25(19-8-5-4-6-9-19)22(27)17-33-24(29)21-10-7-15-26(21)34(30,31)20-13-11-18(2)12-14-20/h4-6,8-9,11-14,21H,3,7,10,15-17H2,1-2H3. The van der Waals surface area contributed by atoms with Crippen molar-refractivity contribution in [3.05, 3.63) is 60.2 Å². The van der Waals surface area contributed by atoms with E-state index in [1.807, 2.05) is 6.92 Å². The maximum atomic E-state index is 13.1. The Kier molecular flexibility index (Phi) is 8.41. The van der Waals surface area contributed by atoms with E-state index in [0.29, 0.717) is 18.5 Å². The predicted molar refractivity (Wildman–Crippen MR) is 124 cm³/mol. The van der Waals surface area contributed by atoms with E-state index in [2.05, 4.69) is 0 Å². The van der Waals surface area contributed by atoms with Crippen LogP contribution in [-0.2, 0) is 33.9 Å². The first kappa shape index (κ1) is 25.4. The van der Waals surface area contributed by atoms with Gasteiger partial charge >= 0.3 is 11.9 Å². The van der Waals surface area contributed by atoms with Gasteiger partial charge in [-0.3, -0.25) is 19.3 Å². The molecule has 34 heavy (non-hydrogen) atoms. The molecule has 10 heteroatoms.